The van der Waals surface area contributed by atoms with Crippen LogP contribution in [-0.2, 0) is 0 Å². The van der Waals surface area contributed by atoms with E-state index >= 15 is 0 Å². The van der Waals surface area contributed by atoms with Crippen LogP contribution in [0.1, 0.15) is 283 Å². The maximum atomic E-state index is 3.69. The molecule has 11 aliphatic rings. The Morgan fingerprint density at radius 1 is 0.188 bits per heavy atom. The predicted molar refractivity (Wildman–Crippen MR) is 271 cm³/mol. The van der Waals surface area contributed by atoms with Crippen LogP contribution >= 0.6 is 0 Å². The lowest BCUT2D eigenvalue weighted by atomic mass is 9.53. The Morgan fingerprint density at radius 2 is 0.469 bits per heavy atom. The Bertz CT molecular complexity index is 1320. The molecule has 12 unspecified atom stereocenters. The SMILES string of the molecule is C1CCC(C2CCCC(N(C3CCCC(C4CCCCC4)C3)C3C4CCCCC4C(N(C4CCCC(C5CCCCC5)C4)C4CCCCC4C4CCCCC4)C4CCCCC43)C2)CC1. The standard InChI is InChI=1S/C62H106N2/c1-5-22-45(23-6-1)49-30-19-33-52(42-49)63(53-34-20-31-50(43-53)46-24-7-2-8-25-46)61-56-37-13-15-39-58(56)62(59-40-16-14-38-57(59)61)64(54-35-21-32-51(44-54)47-26-9-3-10-27-47)60-41-18-17-36-55(60)48-28-11-4-12-29-48/h45-62H,1-44H2. The predicted octanol–water partition coefficient (Wildman–Crippen LogP) is 17.5. The van der Waals surface area contributed by atoms with Gasteiger partial charge in [0.25, 0.3) is 0 Å². The lowest BCUT2D eigenvalue weighted by Crippen LogP contribution is -2.69. The molecule has 11 aliphatic carbocycles. The van der Waals surface area contributed by atoms with Crippen LogP contribution < -0.4 is 0 Å². The van der Waals surface area contributed by atoms with Gasteiger partial charge in [0.15, 0.2) is 0 Å². The Balaban J connectivity index is 0.964. The van der Waals surface area contributed by atoms with E-state index in [-0.39, 0.29) is 0 Å². The van der Waals surface area contributed by atoms with E-state index in [9.17, 15) is 0 Å². The number of hydrogen-bond donors (Lipinski definition) is 0. The second-order valence-electron chi connectivity index (χ2n) is 26.9. The maximum Gasteiger partial charge on any atom is 0.0164 e. The van der Waals surface area contributed by atoms with Gasteiger partial charge in [0.05, 0.1) is 0 Å². The quantitative estimate of drug-likeness (QED) is 0.216. The Kier molecular flexibility index (Phi) is 16.2. The second kappa shape index (κ2) is 22.3. The summed E-state index contributed by atoms with van der Waals surface area (Å²) >= 11 is 0. The third-order valence-electron chi connectivity index (χ3n) is 23.9. The molecule has 0 aromatic heterocycles. The highest BCUT2D eigenvalue weighted by Gasteiger charge is 2.59. The van der Waals surface area contributed by atoms with E-state index in [0.717, 1.165) is 107 Å². The Labute approximate surface area is 397 Å². The molecule has 0 heterocycles. The molecular formula is C62H106N2. The molecule has 2 heteroatoms. The fraction of sp³-hybridized carbons (Fsp3) is 1.00. The van der Waals surface area contributed by atoms with Gasteiger partial charge >= 0.3 is 0 Å². The van der Waals surface area contributed by atoms with Crippen molar-refractivity contribution in [3.05, 3.63) is 0 Å². The molecule has 0 aliphatic heterocycles. The van der Waals surface area contributed by atoms with Crippen LogP contribution in [0.25, 0.3) is 0 Å². The highest BCUT2D eigenvalue weighted by molar-refractivity contribution is 5.12. The van der Waals surface area contributed by atoms with Gasteiger partial charge in [-0.3, -0.25) is 9.80 Å². The van der Waals surface area contributed by atoms with Crippen LogP contribution in [0, 0.1) is 71.0 Å². The molecule has 0 aromatic rings. The molecule has 364 valence electrons. The highest BCUT2D eigenvalue weighted by atomic mass is 15.3. The average Bonchev–Trinajstić information content (AvgIpc) is 3.38. The first-order chi connectivity index (χ1) is 31.8. The molecule has 0 spiro atoms. The van der Waals surface area contributed by atoms with Crippen molar-refractivity contribution in [3.63, 3.8) is 0 Å². The zero-order valence-electron chi connectivity index (χ0n) is 42.4. The summed E-state index contributed by atoms with van der Waals surface area (Å²) in [6.07, 6.45) is 68.9. The van der Waals surface area contributed by atoms with Crippen molar-refractivity contribution in [1.82, 2.24) is 9.80 Å². The van der Waals surface area contributed by atoms with E-state index in [1.807, 2.05) is 0 Å². The van der Waals surface area contributed by atoms with Crippen LogP contribution in [0.2, 0.25) is 0 Å². The first kappa shape index (κ1) is 46.3. The Hall–Kier alpha value is -0.0800. The topological polar surface area (TPSA) is 6.48 Å². The molecule has 2 nitrogen and oxygen atoms in total. The normalized spacial score (nSPS) is 44.3. The van der Waals surface area contributed by atoms with Crippen molar-refractivity contribution in [2.24, 2.45) is 71.0 Å². The molecule has 0 aromatic carbocycles. The van der Waals surface area contributed by atoms with Gasteiger partial charge in [-0.25, -0.2) is 0 Å². The van der Waals surface area contributed by atoms with Gasteiger partial charge in [-0.05, 0) is 148 Å². The largest absolute Gasteiger partial charge is 0.294 e. The van der Waals surface area contributed by atoms with E-state index in [2.05, 4.69) is 9.80 Å². The van der Waals surface area contributed by atoms with Crippen molar-refractivity contribution in [2.45, 2.75) is 319 Å². The third kappa shape index (κ3) is 10.1. The summed E-state index contributed by atoms with van der Waals surface area (Å²) in [5, 5.41) is 0. The van der Waals surface area contributed by atoms with Gasteiger partial charge in [-0.2, -0.15) is 0 Å². The van der Waals surface area contributed by atoms with Gasteiger partial charge in [-0.15, -0.1) is 0 Å². The van der Waals surface area contributed by atoms with Crippen molar-refractivity contribution in [3.8, 4) is 0 Å². The van der Waals surface area contributed by atoms with E-state index < -0.39 is 0 Å². The zero-order chi connectivity index (χ0) is 42.7. The molecule has 12 atom stereocenters. The monoisotopic (exact) mass is 879 g/mol. The third-order valence-corrected chi connectivity index (χ3v) is 23.9. The molecular weight excluding hydrogens is 773 g/mol. The van der Waals surface area contributed by atoms with Crippen LogP contribution in [0.5, 0.6) is 0 Å². The minimum Gasteiger partial charge on any atom is -0.294 e. The van der Waals surface area contributed by atoms with Crippen molar-refractivity contribution in [1.29, 1.82) is 0 Å². The summed E-state index contributed by atoms with van der Waals surface area (Å²) in [6, 6.07) is 5.46. The molecule has 64 heavy (non-hydrogen) atoms. The van der Waals surface area contributed by atoms with Crippen LogP contribution in [0.3, 0.4) is 0 Å². The molecule has 0 bridgehead atoms. The van der Waals surface area contributed by atoms with Gasteiger partial charge in [0.1, 0.15) is 0 Å². The van der Waals surface area contributed by atoms with Crippen molar-refractivity contribution >= 4 is 0 Å². The van der Waals surface area contributed by atoms with Gasteiger partial charge in [0, 0.05) is 36.3 Å². The molecule has 11 fully saturated rings. The number of fused-ring (bicyclic) bond motifs is 2. The van der Waals surface area contributed by atoms with Crippen molar-refractivity contribution in [2.75, 3.05) is 0 Å². The number of nitrogens with zero attached hydrogens (tertiary/aromatic N) is 2. The van der Waals surface area contributed by atoms with Gasteiger partial charge < -0.3 is 0 Å². The summed E-state index contributed by atoms with van der Waals surface area (Å²) < 4.78 is 0. The summed E-state index contributed by atoms with van der Waals surface area (Å²) in [5.41, 5.74) is 0. The maximum absolute atomic E-state index is 3.69. The van der Waals surface area contributed by atoms with Crippen LogP contribution in [0.15, 0.2) is 0 Å². The lowest BCUT2D eigenvalue weighted by molar-refractivity contribution is -0.159. The number of hydrogen-bond acceptors (Lipinski definition) is 2. The van der Waals surface area contributed by atoms with Gasteiger partial charge in [0.2, 0.25) is 0 Å². The molecule has 0 saturated heterocycles. The van der Waals surface area contributed by atoms with Crippen LogP contribution in [0.4, 0.5) is 0 Å². The van der Waals surface area contributed by atoms with E-state index in [4.69, 9.17) is 0 Å². The minimum atomic E-state index is 0.905. The summed E-state index contributed by atoms with van der Waals surface area (Å²) in [7, 11) is 0. The molecule has 0 amide bonds. The average molecular weight is 880 g/mol. The molecule has 11 rings (SSSR count). The second-order valence-corrected chi connectivity index (χ2v) is 26.9. The lowest BCUT2D eigenvalue weighted by Gasteiger charge is -2.65. The van der Waals surface area contributed by atoms with Crippen molar-refractivity contribution < 1.29 is 0 Å². The van der Waals surface area contributed by atoms with Gasteiger partial charge in [-0.1, -0.05) is 205 Å². The molecule has 11 saturated carbocycles. The van der Waals surface area contributed by atoms with Crippen LogP contribution in [-0.4, -0.2) is 46.1 Å². The Morgan fingerprint density at radius 3 is 0.859 bits per heavy atom. The fourth-order valence-electron chi connectivity index (χ4n) is 21.3. The summed E-state index contributed by atoms with van der Waals surface area (Å²) in [6.45, 7) is 0. The minimum absolute atomic E-state index is 0.905. The first-order valence-electron chi connectivity index (χ1n) is 31.3. The first-order valence-corrected chi connectivity index (χ1v) is 31.3. The molecule has 0 radical (unpaired) electrons. The fourth-order valence-corrected chi connectivity index (χ4v) is 21.3. The summed E-state index contributed by atoms with van der Waals surface area (Å²) in [5.74, 6) is 12.3. The number of rotatable bonds is 10. The zero-order valence-corrected chi connectivity index (χ0v) is 42.4. The summed E-state index contributed by atoms with van der Waals surface area (Å²) in [4.78, 5) is 7.35. The molecule has 0 N–H and O–H groups in total. The van der Waals surface area contributed by atoms with E-state index in [1.54, 1.807) is 257 Å². The van der Waals surface area contributed by atoms with E-state index in [0.29, 0.717) is 0 Å². The van der Waals surface area contributed by atoms with E-state index in [1.165, 1.54) is 25.7 Å². The smallest absolute Gasteiger partial charge is 0.0164 e. The highest BCUT2D eigenvalue weighted by Crippen LogP contribution is 2.59.